The monoisotopic (exact) mass is 464 g/mol. The smallest absolute Gasteiger partial charge is 0.333 e. The van der Waals surface area contributed by atoms with Gasteiger partial charge in [-0.2, -0.15) is 0 Å². The van der Waals surface area contributed by atoms with Crippen LogP contribution in [0.1, 0.15) is 52.4 Å². The van der Waals surface area contributed by atoms with Gasteiger partial charge in [-0.1, -0.05) is 13.3 Å². The van der Waals surface area contributed by atoms with Gasteiger partial charge in [0.1, 0.15) is 5.41 Å². The van der Waals surface area contributed by atoms with Crippen molar-refractivity contribution >= 4 is 11.9 Å². The number of methoxy groups -OCH3 is 3. The maximum absolute atomic E-state index is 13.4. The van der Waals surface area contributed by atoms with Crippen LogP contribution in [0.25, 0.3) is 0 Å². The van der Waals surface area contributed by atoms with Crippen LogP contribution in [0, 0.1) is 34.5 Å². The third-order valence-corrected chi connectivity index (χ3v) is 9.54. The van der Waals surface area contributed by atoms with Gasteiger partial charge in [-0.25, -0.2) is 4.79 Å². The van der Waals surface area contributed by atoms with E-state index < -0.39 is 29.2 Å². The van der Waals surface area contributed by atoms with Crippen LogP contribution in [0.2, 0.25) is 0 Å². The first-order valence-electron chi connectivity index (χ1n) is 12.2. The first kappa shape index (κ1) is 23.3. The van der Waals surface area contributed by atoms with Gasteiger partial charge in [-0.3, -0.25) is 4.79 Å². The minimum Gasteiger partial charge on any atom is -0.468 e. The molecule has 0 N–H and O–H groups in total. The predicted molar refractivity (Wildman–Crippen MR) is 115 cm³/mol. The van der Waals surface area contributed by atoms with Gasteiger partial charge in [-0.15, -0.1) is 0 Å². The molecule has 4 fully saturated rings. The Hall–Kier alpha value is -1.48. The molecule has 3 aliphatic carbocycles. The fraction of sp³-hybridized carbons (Fsp3) is 0.840. The fourth-order valence-corrected chi connectivity index (χ4v) is 8.61. The van der Waals surface area contributed by atoms with Gasteiger partial charge in [-0.05, 0) is 56.3 Å². The summed E-state index contributed by atoms with van der Waals surface area (Å²) in [6, 6.07) is 0. The SMILES string of the molecule is CCO[C@@]12C[C@H]3[C@@H](CC[C@H]4[C@]5(C(=O)OC)CCC[C@@]34[C@@H](OC)O[C@@H]5OC)[C@@H](C)C1=CC(=O)O2. The van der Waals surface area contributed by atoms with Gasteiger partial charge in [0.15, 0.2) is 12.6 Å². The molecule has 0 aromatic heterocycles. The van der Waals surface area contributed by atoms with Crippen LogP contribution in [0.15, 0.2) is 11.6 Å². The number of hydrogen-bond donors (Lipinski definition) is 0. The van der Waals surface area contributed by atoms with Gasteiger partial charge in [0.2, 0.25) is 5.79 Å². The Morgan fingerprint density at radius 1 is 1.15 bits per heavy atom. The van der Waals surface area contributed by atoms with Gasteiger partial charge in [0, 0.05) is 44.3 Å². The Kier molecular flexibility index (Phi) is 5.67. The van der Waals surface area contributed by atoms with Gasteiger partial charge in [0.05, 0.1) is 7.11 Å². The van der Waals surface area contributed by atoms with Crippen LogP contribution in [0.5, 0.6) is 0 Å². The lowest BCUT2D eigenvalue weighted by molar-refractivity contribution is -0.398. The lowest BCUT2D eigenvalue weighted by atomic mass is 9.40. The van der Waals surface area contributed by atoms with Gasteiger partial charge in [0.25, 0.3) is 0 Å². The zero-order valence-corrected chi connectivity index (χ0v) is 20.3. The van der Waals surface area contributed by atoms with Gasteiger partial charge < -0.3 is 28.4 Å². The summed E-state index contributed by atoms with van der Waals surface area (Å²) in [7, 11) is 4.69. The maximum atomic E-state index is 13.4. The second-order valence-electron chi connectivity index (χ2n) is 10.4. The molecule has 5 aliphatic rings. The molecule has 8 heteroatoms. The molecule has 5 rings (SSSR count). The summed E-state index contributed by atoms with van der Waals surface area (Å²) in [6.07, 6.45) is 5.08. The average molecular weight is 465 g/mol. The number of hydrogen-bond acceptors (Lipinski definition) is 8. The molecule has 8 nitrogen and oxygen atoms in total. The highest BCUT2D eigenvalue weighted by atomic mass is 16.8. The van der Waals surface area contributed by atoms with Crippen molar-refractivity contribution in [2.45, 2.75) is 70.7 Å². The number of fused-ring (bicyclic) bond motifs is 2. The average Bonchev–Trinajstić information content (AvgIpc) is 3.14. The quantitative estimate of drug-likeness (QED) is 0.573. The van der Waals surface area contributed by atoms with E-state index in [2.05, 4.69) is 6.92 Å². The van der Waals surface area contributed by atoms with E-state index in [-0.39, 0.29) is 29.7 Å². The zero-order valence-electron chi connectivity index (χ0n) is 20.3. The second kappa shape index (κ2) is 8.04. The normalized spacial score (nSPS) is 48.2. The number of carbonyl (C=O) groups is 2. The molecule has 0 aromatic rings. The maximum Gasteiger partial charge on any atom is 0.333 e. The van der Waals surface area contributed by atoms with Crippen molar-refractivity contribution in [1.82, 2.24) is 0 Å². The van der Waals surface area contributed by atoms with Crippen molar-refractivity contribution in [3.8, 4) is 0 Å². The van der Waals surface area contributed by atoms with E-state index in [0.717, 1.165) is 31.3 Å². The summed E-state index contributed by atoms with van der Waals surface area (Å²) in [5, 5.41) is 0. The number of ether oxygens (including phenoxy) is 6. The molecule has 184 valence electrons. The minimum atomic E-state index is -1.05. The molecule has 0 unspecified atom stereocenters. The summed E-state index contributed by atoms with van der Waals surface area (Å²) < 4.78 is 35.7. The van der Waals surface area contributed by atoms with E-state index in [0.29, 0.717) is 25.4 Å². The zero-order chi connectivity index (χ0) is 23.6. The Morgan fingerprint density at radius 3 is 2.58 bits per heavy atom. The Morgan fingerprint density at radius 2 is 1.91 bits per heavy atom. The van der Waals surface area contributed by atoms with Crippen molar-refractivity contribution in [2.24, 2.45) is 34.5 Å². The highest BCUT2D eigenvalue weighted by molar-refractivity contribution is 5.86. The molecule has 0 spiro atoms. The number of carbonyl (C=O) groups excluding carboxylic acids is 2. The fourth-order valence-electron chi connectivity index (χ4n) is 8.61. The van der Waals surface area contributed by atoms with Crippen molar-refractivity contribution in [3.63, 3.8) is 0 Å². The largest absolute Gasteiger partial charge is 0.468 e. The Labute approximate surface area is 195 Å². The summed E-state index contributed by atoms with van der Waals surface area (Å²) in [5.74, 6) is -1.17. The van der Waals surface area contributed by atoms with Crippen molar-refractivity contribution < 1.29 is 38.0 Å². The van der Waals surface area contributed by atoms with Crippen LogP contribution >= 0.6 is 0 Å². The summed E-state index contributed by atoms with van der Waals surface area (Å²) in [5.41, 5.74) is -0.370. The Bertz CT molecular complexity index is 855. The molecule has 33 heavy (non-hydrogen) atoms. The molecule has 3 saturated carbocycles. The van der Waals surface area contributed by atoms with Gasteiger partial charge >= 0.3 is 11.9 Å². The summed E-state index contributed by atoms with van der Waals surface area (Å²) >= 11 is 0. The molecule has 2 aliphatic heterocycles. The van der Waals surface area contributed by atoms with E-state index >= 15 is 0 Å². The first-order chi connectivity index (χ1) is 15.8. The molecule has 1 saturated heterocycles. The predicted octanol–water partition coefficient (Wildman–Crippen LogP) is 3.19. The molecule has 9 atom stereocenters. The molecule has 0 radical (unpaired) electrons. The molecule has 0 amide bonds. The number of esters is 2. The van der Waals surface area contributed by atoms with Crippen LogP contribution in [0.4, 0.5) is 0 Å². The molecule has 2 heterocycles. The van der Waals surface area contributed by atoms with Crippen LogP contribution in [-0.4, -0.2) is 58.2 Å². The lowest BCUT2D eigenvalue weighted by Gasteiger charge is -2.68. The topological polar surface area (TPSA) is 89.5 Å². The third-order valence-electron chi connectivity index (χ3n) is 9.54. The van der Waals surface area contributed by atoms with E-state index in [4.69, 9.17) is 28.4 Å². The van der Waals surface area contributed by atoms with E-state index in [9.17, 15) is 9.59 Å². The third kappa shape index (κ3) is 2.84. The summed E-state index contributed by atoms with van der Waals surface area (Å²) in [4.78, 5) is 25.8. The van der Waals surface area contributed by atoms with E-state index in [1.54, 1.807) is 20.3 Å². The second-order valence-corrected chi connectivity index (χ2v) is 10.4. The van der Waals surface area contributed by atoms with Crippen molar-refractivity contribution in [2.75, 3.05) is 27.9 Å². The van der Waals surface area contributed by atoms with Crippen molar-refractivity contribution in [1.29, 1.82) is 0 Å². The van der Waals surface area contributed by atoms with E-state index in [1.165, 1.54) is 7.11 Å². The van der Waals surface area contributed by atoms with Crippen molar-refractivity contribution in [3.05, 3.63) is 11.6 Å². The first-order valence-corrected chi connectivity index (χ1v) is 12.2. The highest BCUT2D eigenvalue weighted by Crippen LogP contribution is 2.71. The minimum absolute atomic E-state index is 0.0235. The molecule has 0 aromatic carbocycles. The molecule has 2 bridgehead atoms. The number of rotatable bonds is 5. The molecular formula is C25H36O8. The van der Waals surface area contributed by atoms with E-state index in [1.807, 2.05) is 6.92 Å². The lowest BCUT2D eigenvalue weighted by Crippen LogP contribution is -2.72. The van der Waals surface area contributed by atoms with Crippen LogP contribution in [0.3, 0.4) is 0 Å². The molecular weight excluding hydrogens is 428 g/mol. The standard InChI is InChI=1S/C25H36O8/c1-6-31-25-13-17-15(14(2)16(25)12-19(26)33-25)8-9-18-23(17)10-7-11-24(18,20(27)28-3)22(30-5)32-21(23)29-4/h12,14-15,17-18,21-22H,6-11,13H2,1-5H3/t14-,15+,17+,18-,21+,22+,23-,24+,25-/m1/s1. The summed E-state index contributed by atoms with van der Waals surface area (Å²) in [6.45, 7) is 4.54. The highest BCUT2D eigenvalue weighted by Gasteiger charge is 2.75. The Balaban J connectivity index is 1.65. The van der Waals surface area contributed by atoms with Crippen LogP contribution < -0.4 is 0 Å². The van der Waals surface area contributed by atoms with Crippen LogP contribution in [-0.2, 0) is 38.0 Å².